The van der Waals surface area contributed by atoms with Crippen molar-refractivity contribution in [3.8, 4) is 0 Å². The summed E-state index contributed by atoms with van der Waals surface area (Å²) in [7, 11) is 0. The molecule has 8 nitrogen and oxygen atoms in total. The fourth-order valence-corrected chi connectivity index (χ4v) is 2.96. The Morgan fingerprint density at radius 2 is 2.04 bits per heavy atom. The van der Waals surface area contributed by atoms with Gasteiger partial charge in [0.2, 0.25) is 5.91 Å². The number of aromatic nitrogens is 4. The van der Waals surface area contributed by atoms with Crippen LogP contribution >= 0.6 is 34.8 Å². The van der Waals surface area contributed by atoms with Crippen LogP contribution < -0.4 is 11.1 Å². The van der Waals surface area contributed by atoms with Crippen LogP contribution in [0.2, 0.25) is 15.2 Å². The van der Waals surface area contributed by atoms with E-state index in [2.05, 4.69) is 20.6 Å². The predicted molar refractivity (Wildman–Crippen MR) is 103 cm³/mol. The summed E-state index contributed by atoms with van der Waals surface area (Å²) in [6, 6.07) is 7.77. The van der Waals surface area contributed by atoms with E-state index in [1.807, 2.05) is 0 Å². The average Bonchev–Trinajstić information content (AvgIpc) is 3.05. The van der Waals surface area contributed by atoms with Gasteiger partial charge in [-0.3, -0.25) is 4.79 Å². The van der Waals surface area contributed by atoms with Gasteiger partial charge in [-0.25, -0.2) is 9.67 Å². The number of halogens is 3. The van der Waals surface area contributed by atoms with Gasteiger partial charge in [0.05, 0.1) is 11.9 Å². The van der Waals surface area contributed by atoms with Gasteiger partial charge in [-0.05, 0) is 24.3 Å². The maximum atomic E-state index is 12.1. The Morgan fingerprint density at radius 3 is 2.74 bits per heavy atom. The van der Waals surface area contributed by atoms with Crippen LogP contribution in [0.5, 0.6) is 0 Å². The number of amides is 1. The SMILES string of the molecule is Nc1nc(Cl)ccc1NC(=O)Cn1cc(C(O)c2ccc(Cl)cc2Cl)nn1. The number of nitrogens with zero attached hydrogens (tertiary/aromatic N) is 4. The number of nitrogen functional groups attached to an aromatic ring is 1. The largest absolute Gasteiger partial charge is 0.382 e. The lowest BCUT2D eigenvalue weighted by atomic mass is 10.1. The van der Waals surface area contributed by atoms with Gasteiger partial charge in [0.25, 0.3) is 0 Å². The number of nitrogens with one attached hydrogen (secondary N) is 1. The van der Waals surface area contributed by atoms with Gasteiger partial charge in [0.1, 0.15) is 29.3 Å². The molecule has 2 heterocycles. The van der Waals surface area contributed by atoms with Gasteiger partial charge >= 0.3 is 0 Å². The molecule has 0 radical (unpaired) electrons. The van der Waals surface area contributed by atoms with Crippen molar-refractivity contribution >= 4 is 52.2 Å². The number of hydrogen-bond donors (Lipinski definition) is 3. The number of hydrogen-bond acceptors (Lipinski definition) is 6. The molecule has 27 heavy (non-hydrogen) atoms. The number of carbonyl (C=O) groups excluding carboxylic acids is 1. The molecule has 0 bridgehead atoms. The molecule has 0 aliphatic heterocycles. The van der Waals surface area contributed by atoms with Crippen molar-refractivity contribution in [2.75, 3.05) is 11.1 Å². The third kappa shape index (κ3) is 4.67. The molecule has 1 amide bonds. The lowest BCUT2D eigenvalue weighted by Crippen LogP contribution is -2.20. The van der Waals surface area contributed by atoms with Crippen LogP contribution in [0.1, 0.15) is 17.4 Å². The molecule has 1 atom stereocenters. The number of benzene rings is 1. The molecule has 140 valence electrons. The molecule has 0 aliphatic carbocycles. The van der Waals surface area contributed by atoms with E-state index in [1.54, 1.807) is 18.2 Å². The summed E-state index contributed by atoms with van der Waals surface area (Å²) in [5.41, 5.74) is 6.69. The third-order valence-electron chi connectivity index (χ3n) is 3.56. The highest BCUT2D eigenvalue weighted by atomic mass is 35.5. The van der Waals surface area contributed by atoms with Crippen LogP contribution in [0.3, 0.4) is 0 Å². The second-order valence-corrected chi connectivity index (χ2v) is 6.76. The molecule has 0 saturated carbocycles. The van der Waals surface area contributed by atoms with E-state index in [4.69, 9.17) is 40.5 Å². The molecule has 3 aromatic rings. The number of aliphatic hydroxyl groups excluding tert-OH is 1. The molecule has 11 heteroatoms. The third-order valence-corrected chi connectivity index (χ3v) is 4.34. The standard InChI is InChI=1S/C16H13Cl3N6O2/c17-8-1-2-9(10(18)5-8)15(27)12-6-25(24-23-12)7-14(26)21-11-3-4-13(19)22-16(11)20/h1-6,15,27H,7H2,(H2,20,22)(H,21,26). The van der Waals surface area contributed by atoms with Crippen LogP contribution in [-0.2, 0) is 11.3 Å². The van der Waals surface area contributed by atoms with E-state index in [-0.39, 0.29) is 23.2 Å². The molecule has 2 aromatic heterocycles. The molecule has 1 aromatic carbocycles. The summed E-state index contributed by atoms with van der Waals surface area (Å²) >= 11 is 17.7. The zero-order valence-electron chi connectivity index (χ0n) is 13.6. The minimum absolute atomic E-state index is 0.0999. The van der Waals surface area contributed by atoms with Crippen molar-refractivity contribution in [3.63, 3.8) is 0 Å². The van der Waals surface area contributed by atoms with Crippen molar-refractivity contribution in [1.29, 1.82) is 0 Å². The summed E-state index contributed by atoms with van der Waals surface area (Å²) in [5, 5.41) is 21.7. The van der Waals surface area contributed by atoms with E-state index in [0.29, 0.717) is 21.3 Å². The first-order valence-electron chi connectivity index (χ1n) is 7.58. The van der Waals surface area contributed by atoms with Crippen molar-refractivity contribution in [1.82, 2.24) is 20.0 Å². The number of nitrogens with two attached hydrogens (primary N) is 1. The van der Waals surface area contributed by atoms with Crippen LogP contribution in [0.4, 0.5) is 11.5 Å². The zero-order chi connectivity index (χ0) is 19.6. The minimum atomic E-state index is -1.11. The summed E-state index contributed by atoms with van der Waals surface area (Å²) < 4.78 is 1.28. The summed E-state index contributed by atoms with van der Waals surface area (Å²) in [6.07, 6.45) is 0.334. The Kier molecular flexibility index (Phi) is 5.81. The highest BCUT2D eigenvalue weighted by Crippen LogP contribution is 2.29. The summed E-state index contributed by atoms with van der Waals surface area (Å²) in [5.74, 6) is -0.302. The molecule has 0 fully saturated rings. The van der Waals surface area contributed by atoms with Gasteiger partial charge < -0.3 is 16.2 Å². The van der Waals surface area contributed by atoms with Gasteiger partial charge in [-0.2, -0.15) is 0 Å². The van der Waals surface area contributed by atoms with E-state index in [1.165, 1.54) is 23.0 Å². The molecule has 0 saturated heterocycles. The van der Waals surface area contributed by atoms with E-state index in [9.17, 15) is 9.90 Å². The molecule has 0 spiro atoms. The summed E-state index contributed by atoms with van der Waals surface area (Å²) in [4.78, 5) is 16.0. The first-order chi connectivity index (χ1) is 12.8. The Hall–Kier alpha value is -2.39. The molecule has 0 aliphatic rings. The van der Waals surface area contributed by atoms with Crippen molar-refractivity contribution in [2.45, 2.75) is 12.6 Å². The van der Waals surface area contributed by atoms with Crippen LogP contribution in [-0.4, -0.2) is 31.0 Å². The maximum absolute atomic E-state index is 12.1. The van der Waals surface area contributed by atoms with Gasteiger partial charge in [0.15, 0.2) is 0 Å². The Balaban J connectivity index is 1.69. The average molecular weight is 428 g/mol. The first kappa shape index (κ1) is 19.4. The van der Waals surface area contributed by atoms with Crippen molar-refractivity contribution in [2.24, 2.45) is 0 Å². The monoisotopic (exact) mass is 426 g/mol. The zero-order valence-corrected chi connectivity index (χ0v) is 15.9. The molecule has 3 rings (SSSR count). The number of rotatable bonds is 5. The maximum Gasteiger partial charge on any atom is 0.246 e. The first-order valence-corrected chi connectivity index (χ1v) is 8.72. The number of aliphatic hydroxyl groups is 1. The fraction of sp³-hybridized carbons (Fsp3) is 0.125. The number of pyridine rings is 1. The quantitative estimate of drug-likeness (QED) is 0.539. The van der Waals surface area contributed by atoms with Gasteiger partial charge in [-0.1, -0.05) is 46.1 Å². The lowest BCUT2D eigenvalue weighted by molar-refractivity contribution is -0.116. The predicted octanol–water partition coefficient (Wildman–Crippen LogP) is 2.94. The topological polar surface area (TPSA) is 119 Å². The van der Waals surface area contributed by atoms with Crippen LogP contribution in [0, 0.1) is 0 Å². The molecular formula is C16H13Cl3N6O2. The second kappa shape index (κ2) is 8.10. The normalized spacial score (nSPS) is 12.0. The molecular weight excluding hydrogens is 415 g/mol. The van der Waals surface area contributed by atoms with Crippen molar-refractivity contribution < 1.29 is 9.90 Å². The Labute approximate surface area is 168 Å². The smallest absolute Gasteiger partial charge is 0.246 e. The Bertz CT molecular complexity index is 994. The minimum Gasteiger partial charge on any atom is -0.382 e. The van der Waals surface area contributed by atoms with Crippen LogP contribution in [0.25, 0.3) is 0 Å². The fourth-order valence-electron chi connectivity index (χ4n) is 2.29. The van der Waals surface area contributed by atoms with E-state index >= 15 is 0 Å². The van der Waals surface area contributed by atoms with E-state index in [0.717, 1.165) is 0 Å². The van der Waals surface area contributed by atoms with E-state index < -0.39 is 12.0 Å². The number of anilines is 2. The molecule has 4 N–H and O–H groups in total. The number of carbonyl (C=O) groups is 1. The van der Waals surface area contributed by atoms with Gasteiger partial charge in [-0.15, -0.1) is 5.10 Å². The van der Waals surface area contributed by atoms with Gasteiger partial charge in [0, 0.05) is 15.6 Å². The molecule has 1 unspecified atom stereocenters. The van der Waals surface area contributed by atoms with Crippen molar-refractivity contribution in [3.05, 3.63) is 63.0 Å². The Morgan fingerprint density at radius 1 is 1.26 bits per heavy atom. The highest BCUT2D eigenvalue weighted by molar-refractivity contribution is 6.35. The summed E-state index contributed by atoms with van der Waals surface area (Å²) in [6.45, 7) is -0.143. The lowest BCUT2D eigenvalue weighted by Gasteiger charge is -2.10. The second-order valence-electron chi connectivity index (χ2n) is 5.52. The van der Waals surface area contributed by atoms with Crippen LogP contribution in [0.15, 0.2) is 36.5 Å². The highest BCUT2D eigenvalue weighted by Gasteiger charge is 2.18.